The first-order valence-electron chi connectivity index (χ1n) is 7.16. The second-order valence-corrected chi connectivity index (χ2v) is 5.42. The number of hydrogen-bond donors (Lipinski definition) is 2. The number of carbonyl (C=O) groups excluding carboxylic acids is 1. The number of carbonyl (C=O) groups is 1. The normalized spacial score (nSPS) is 18.7. The first-order chi connectivity index (χ1) is 10.2. The molecule has 1 aliphatic rings. The molecule has 110 valence electrons. The summed E-state index contributed by atoms with van der Waals surface area (Å²) in [5.41, 5.74) is 2.39. The zero-order chi connectivity index (χ0) is 14.8. The summed E-state index contributed by atoms with van der Waals surface area (Å²) in [6.07, 6.45) is 6.29. The van der Waals surface area contributed by atoms with E-state index in [9.17, 15) is 9.59 Å². The summed E-state index contributed by atoms with van der Waals surface area (Å²) in [5, 5.41) is 7.08. The van der Waals surface area contributed by atoms with Gasteiger partial charge in [-0.1, -0.05) is 0 Å². The first-order valence-corrected chi connectivity index (χ1v) is 7.16. The van der Waals surface area contributed by atoms with Crippen molar-refractivity contribution >= 4 is 5.91 Å². The summed E-state index contributed by atoms with van der Waals surface area (Å²) in [7, 11) is 0. The maximum Gasteiger partial charge on any atom is 0.255 e. The highest BCUT2D eigenvalue weighted by molar-refractivity contribution is 5.94. The molecule has 0 aliphatic carbocycles. The van der Waals surface area contributed by atoms with Gasteiger partial charge in [-0.2, -0.15) is 5.10 Å². The van der Waals surface area contributed by atoms with Crippen LogP contribution in [0.2, 0.25) is 0 Å². The minimum atomic E-state index is -0.203. The van der Waals surface area contributed by atoms with Gasteiger partial charge in [0.2, 0.25) is 5.56 Å². The van der Waals surface area contributed by atoms with Gasteiger partial charge in [0.05, 0.1) is 23.5 Å². The molecule has 0 unspecified atom stereocenters. The van der Waals surface area contributed by atoms with Crippen molar-refractivity contribution in [3.05, 3.63) is 51.7 Å². The van der Waals surface area contributed by atoms with Crippen LogP contribution in [0.5, 0.6) is 0 Å². The van der Waals surface area contributed by atoms with Crippen LogP contribution in [0.1, 0.15) is 46.9 Å². The van der Waals surface area contributed by atoms with E-state index >= 15 is 0 Å². The molecule has 1 saturated heterocycles. The van der Waals surface area contributed by atoms with Crippen LogP contribution in [0.3, 0.4) is 0 Å². The van der Waals surface area contributed by atoms with Crippen LogP contribution in [0.25, 0.3) is 0 Å². The number of hydrogen-bond acceptors (Lipinski definition) is 3. The fraction of sp³-hybridized carbons (Fsp3) is 0.400. The van der Waals surface area contributed by atoms with Gasteiger partial charge in [-0.25, -0.2) is 0 Å². The molecule has 2 N–H and O–H groups in total. The number of H-pyrrole nitrogens is 2. The second kappa shape index (κ2) is 5.55. The summed E-state index contributed by atoms with van der Waals surface area (Å²) in [6.45, 7) is 2.72. The van der Waals surface area contributed by atoms with Crippen LogP contribution in [0.4, 0.5) is 0 Å². The lowest BCUT2D eigenvalue weighted by Crippen LogP contribution is -2.39. The molecule has 6 heteroatoms. The van der Waals surface area contributed by atoms with Gasteiger partial charge >= 0.3 is 0 Å². The van der Waals surface area contributed by atoms with E-state index in [-0.39, 0.29) is 17.5 Å². The van der Waals surface area contributed by atoms with Crippen LogP contribution in [0.15, 0.2) is 29.3 Å². The Kier molecular flexibility index (Phi) is 3.60. The fourth-order valence-electron chi connectivity index (χ4n) is 2.88. The number of amides is 1. The molecule has 1 aliphatic heterocycles. The van der Waals surface area contributed by atoms with Gasteiger partial charge in [0, 0.05) is 18.8 Å². The van der Waals surface area contributed by atoms with Crippen molar-refractivity contribution in [3.8, 4) is 0 Å². The number of rotatable bonds is 2. The predicted octanol–water partition coefficient (Wildman–Crippen LogP) is 1.77. The average Bonchev–Trinajstić information content (AvgIpc) is 2.93. The van der Waals surface area contributed by atoms with Crippen LogP contribution in [-0.4, -0.2) is 32.5 Å². The topological polar surface area (TPSA) is 81.8 Å². The molecule has 2 aromatic rings. The van der Waals surface area contributed by atoms with Crippen molar-refractivity contribution in [1.29, 1.82) is 0 Å². The highest BCUT2D eigenvalue weighted by Gasteiger charge is 2.30. The summed E-state index contributed by atoms with van der Waals surface area (Å²) in [4.78, 5) is 28.3. The molecule has 0 radical (unpaired) electrons. The Morgan fingerprint density at radius 1 is 1.38 bits per heavy atom. The molecule has 3 rings (SSSR count). The Morgan fingerprint density at radius 3 is 2.90 bits per heavy atom. The van der Waals surface area contributed by atoms with Crippen LogP contribution in [-0.2, 0) is 0 Å². The molecule has 2 aromatic heterocycles. The second-order valence-electron chi connectivity index (χ2n) is 5.42. The standard InChI is InChI=1S/C15H18N4O2/c1-10-8-17-18-14(10)12-4-2-3-7-19(12)15(21)11-5-6-13(20)16-9-11/h5-6,8-9,12H,2-4,7H2,1H3,(H,16,20)(H,17,18)/t12-/m0/s1. The maximum atomic E-state index is 12.7. The summed E-state index contributed by atoms with van der Waals surface area (Å²) < 4.78 is 0. The SMILES string of the molecule is Cc1cn[nH]c1[C@@H]1CCCCN1C(=O)c1ccc(=O)[nH]c1. The highest BCUT2D eigenvalue weighted by atomic mass is 16.2. The number of aryl methyl sites for hydroxylation is 1. The molecule has 21 heavy (non-hydrogen) atoms. The quantitative estimate of drug-likeness (QED) is 0.882. The van der Waals surface area contributed by atoms with Gasteiger partial charge in [0.1, 0.15) is 0 Å². The van der Waals surface area contributed by atoms with Gasteiger partial charge < -0.3 is 9.88 Å². The van der Waals surface area contributed by atoms with Crippen LogP contribution >= 0.6 is 0 Å². The molecule has 1 amide bonds. The van der Waals surface area contributed by atoms with E-state index in [1.165, 1.54) is 12.3 Å². The van der Waals surface area contributed by atoms with E-state index in [4.69, 9.17) is 0 Å². The Morgan fingerprint density at radius 2 is 2.24 bits per heavy atom. The molecule has 1 atom stereocenters. The number of aromatic nitrogens is 3. The average molecular weight is 286 g/mol. The molecule has 0 spiro atoms. The van der Waals surface area contributed by atoms with Gasteiger partial charge in [0.15, 0.2) is 0 Å². The zero-order valence-electron chi connectivity index (χ0n) is 11.9. The van der Waals surface area contributed by atoms with Gasteiger partial charge in [-0.05, 0) is 37.8 Å². The van der Waals surface area contributed by atoms with Gasteiger partial charge in [-0.3, -0.25) is 14.7 Å². The van der Waals surface area contributed by atoms with Gasteiger partial charge in [0.25, 0.3) is 5.91 Å². The van der Waals surface area contributed by atoms with Crippen molar-refractivity contribution in [1.82, 2.24) is 20.1 Å². The van der Waals surface area contributed by atoms with Crippen molar-refractivity contribution < 1.29 is 4.79 Å². The molecular weight excluding hydrogens is 268 g/mol. The zero-order valence-corrected chi connectivity index (χ0v) is 11.9. The Bertz CT molecular complexity index is 683. The number of aromatic amines is 2. The highest BCUT2D eigenvalue weighted by Crippen LogP contribution is 2.32. The molecule has 0 aromatic carbocycles. The van der Waals surface area contributed by atoms with Crippen molar-refractivity contribution in [2.75, 3.05) is 6.54 Å². The Hall–Kier alpha value is -2.37. The minimum Gasteiger partial charge on any atom is -0.330 e. The first kappa shape index (κ1) is 13.6. The third kappa shape index (κ3) is 2.61. The van der Waals surface area contributed by atoms with Gasteiger partial charge in [-0.15, -0.1) is 0 Å². The molecule has 1 fully saturated rings. The van der Waals surface area contributed by atoms with Crippen molar-refractivity contribution in [2.45, 2.75) is 32.2 Å². The van der Waals surface area contributed by atoms with Crippen molar-refractivity contribution in [2.24, 2.45) is 0 Å². The largest absolute Gasteiger partial charge is 0.330 e. The van der Waals surface area contributed by atoms with E-state index in [1.807, 2.05) is 11.8 Å². The van der Waals surface area contributed by atoms with E-state index in [2.05, 4.69) is 15.2 Å². The number of likely N-dealkylation sites (tertiary alicyclic amines) is 1. The Labute approximate surface area is 122 Å². The van der Waals surface area contributed by atoms with E-state index in [0.29, 0.717) is 5.56 Å². The van der Waals surface area contributed by atoms with E-state index in [1.54, 1.807) is 12.3 Å². The monoisotopic (exact) mass is 286 g/mol. The lowest BCUT2D eigenvalue weighted by atomic mass is 9.96. The summed E-state index contributed by atoms with van der Waals surface area (Å²) >= 11 is 0. The van der Waals surface area contributed by atoms with E-state index in [0.717, 1.165) is 37.1 Å². The fourth-order valence-corrected chi connectivity index (χ4v) is 2.88. The number of piperidine rings is 1. The Balaban J connectivity index is 1.91. The minimum absolute atomic E-state index is 0.0284. The number of pyridine rings is 1. The lowest BCUT2D eigenvalue weighted by molar-refractivity contribution is 0.0605. The third-order valence-corrected chi connectivity index (χ3v) is 4.00. The molecule has 0 bridgehead atoms. The smallest absolute Gasteiger partial charge is 0.255 e. The maximum absolute atomic E-state index is 12.7. The number of nitrogens with one attached hydrogen (secondary N) is 2. The van der Waals surface area contributed by atoms with Crippen molar-refractivity contribution in [3.63, 3.8) is 0 Å². The predicted molar refractivity (Wildman–Crippen MR) is 78.0 cm³/mol. The van der Waals surface area contributed by atoms with Crippen LogP contribution in [0, 0.1) is 6.92 Å². The molecule has 6 nitrogen and oxygen atoms in total. The number of nitrogens with zero attached hydrogens (tertiary/aromatic N) is 2. The summed E-state index contributed by atoms with van der Waals surface area (Å²) in [6, 6.07) is 2.99. The molecule has 0 saturated carbocycles. The van der Waals surface area contributed by atoms with Crippen LogP contribution < -0.4 is 5.56 Å². The third-order valence-electron chi connectivity index (χ3n) is 4.00. The molecule has 3 heterocycles. The molecular formula is C15H18N4O2. The summed E-state index contributed by atoms with van der Waals surface area (Å²) in [5.74, 6) is -0.0510. The van der Waals surface area contributed by atoms with E-state index < -0.39 is 0 Å². The lowest BCUT2D eigenvalue weighted by Gasteiger charge is -2.35.